The van der Waals surface area contributed by atoms with Gasteiger partial charge in [0.05, 0.1) is 19.8 Å². The van der Waals surface area contributed by atoms with E-state index in [0.29, 0.717) is 45.0 Å². The highest BCUT2D eigenvalue weighted by atomic mass is 19.2. The molecule has 2 aliphatic rings. The van der Waals surface area contributed by atoms with Gasteiger partial charge >= 0.3 is 0 Å². The molecule has 2 heterocycles. The number of nitrogens with zero attached hydrogens (tertiary/aromatic N) is 3. The number of piperazine rings is 1. The van der Waals surface area contributed by atoms with E-state index in [0.717, 1.165) is 32.2 Å². The molecule has 0 aromatic heterocycles. The quantitative estimate of drug-likeness (QED) is 0.818. The molecule has 5 nitrogen and oxygen atoms in total. The molecule has 0 aliphatic carbocycles. The minimum absolute atomic E-state index is 0.142. The predicted octanol–water partition coefficient (Wildman–Crippen LogP) is 0.941. The van der Waals surface area contributed by atoms with Crippen LogP contribution in [-0.2, 0) is 16.1 Å². The standard InChI is InChI=1S/C17H23F2N3O2/c18-15-3-1-2-14(17(15)19)12-20-4-6-21(7-5-20)13-16(23)22-8-10-24-11-9-22/h1-3H,4-13H2. The van der Waals surface area contributed by atoms with Gasteiger partial charge < -0.3 is 9.64 Å². The molecule has 24 heavy (non-hydrogen) atoms. The first kappa shape index (κ1) is 17.3. The number of morpholine rings is 1. The van der Waals surface area contributed by atoms with Gasteiger partial charge in [-0.15, -0.1) is 0 Å². The average Bonchev–Trinajstić information content (AvgIpc) is 2.61. The van der Waals surface area contributed by atoms with Crippen molar-refractivity contribution in [3.63, 3.8) is 0 Å². The lowest BCUT2D eigenvalue weighted by atomic mass is 10.1. The van der Waals surface area contributed by atoms with Crippen molar-refractivity contribution in [2.45, 2.75) is 6.54 Å². The molecule has 1 aromatic rings. The Morgan fingerprint density at radius 1 is 1.00 bits per heavy atom. The molecular weight excluding hydrogens is 316 g/mol. The normalized spacial score (nSPS) is 20.3. The maximum Gasteiger partial charge on any atom is 0.236 e. The second kappa shape index (κ2) is 8.00. The van der Waals surface area contributed by atoms with E-state index in [9.17, 15) is 13.6 Å². The number of ether oxygens (including phenoxy) is 1. The fourth-order valence-electron chi connectivity index (χ4n) is 3.12. The van der Waals surface area contributed by atoms with Gasteiger partial charge in [0, 0.05) is 51.4 Å². The second-order valence-corrected chi connectivity index (χ2v) is 6.26. The third kappa shape index (κ3) is 4.28. The molecule has 1 aromatic carbocycles. The number of rotatable bonds is 4. The Labute approximate surface area is 140 Å². The van der Waals surface area contributed by atoms with Crippen LogP contribution in [0.2, 0.25) is 0 Å². The monoisotopic (exact) mass is 339 g/mol. The Balaban J connectivity index is 1.45. The highest BCUT2D eigenvalue weighted by Crippen LogP contribution is 2.15. The number of carbonyl (C=O) groups excluding carboxylic acids is 1. The van der Waals surface area contributed by atoms with Gasteiger partial charge in [0.25, 0.3) is 0 Å². The van der Waals surface area contributed by atoms with Crippen LogP contribution in [0.15, 0.2) is 18.2 Å². The Morgan fingerprint density at radius 2 is 1.67 bits per heavy atom. The zero-order chi connectivity index (χ0) is 16.9. The zero-order valence-electron chi connectivity index (χ0n) is 13.7. The fraction of sp³-hybridized carbons (Fsp3) is 0.588. The summed E-state index contributed by atoms with van der Waals surface area (Å²) in [4.78, 5) is 18.3. The van der Waals surface area contributed by atoms with Gasteiger partial charge in [-0.25, -0.2) is 8.78 Å². The summed E-state index contributed by atoms with van der Waals surface area (Å²) >= 11 is 0. The summed E-state index contributed by atoms with van der Waals surface area (Å²) in [5.41, 5.74) is 0.382. The zero-order valence-corrected chi connectivity index (χ0v) is 13.7. The van der Waals surface area contributed by atoms with Crippen LogP contribution in [0.5, 0.6) is 0 Å². The van der Waals surface area contributed by atoms with E-state index in [1.165, 1.54) is 6.07 Å². The van der Waals surface area contributed by atoms with Crippen molar-refractivity contribution >= 4 is 5.91 Å². The molecule has 1 amide bonds. The van der Waals surface area contributed by atoms with Crippen LogP contribution < -0.4 is 0 Å². The summed E-state index contributed by atoms with van der Waals surface area (Å²) in [6, 6.07) is 4.28. The summed E-state index contributed by atoms with van der Waals surface area (Å²) in [7, 11) is 0. The molecular formula is C17H23F2N3O2. The Bertz CT molecular complexity index is 571. The molecule has 0 spiro atoms. The van der Waals surface area contributed by atoms with Gasteiger partial charge in [-0.05, 0) is 6.07 Å². The molecule has 3 rings (SSSR count). The molecule has 0 atom stereocenters. The lowest BCUT2D eigenvalue weighted by Gasteiger charge is -2.36. The molecule has 0 saturated carbocycles. The maximum atomic E-state index is 13.7. The summed E-state index contributed by atoms with van der Waals surface area (Å²) in [5.74, 6) is -1.42. The van der Waals surface area contributed by atoms with Gasteiger partial charge in [0.2, 0.25) is 5.91 Å². The van der Waals surface area contributed by atoms with Crippen molar-refractivity contribution in [2.24, 2.45) is 0 Å². The average molecular weight is 339 g/mol. The third-order valence-corrected chi connectivity index (χ3v) is 4.61. The van der Waals surface area contributed by atoms with Crippen LogP contribution in [0, 0.1) is 11.6 Å². The van der Waals surface area contributed by atoms with Gasteiger partial charge in [0.1, 0.15) is 0 Å². The van der Waals surface area contributed by atoms with E-state index in [1.807, 2.05) is 4.90 Å². The SMILES string of the molecule is O=C(CN1CCN(Cc2cccc(F)c2F)CC1)N1CCOCC1. The lowest BCUT2D eigenvalue weighted by molar-refractivity contribution is -0.136. The Kier molecular flexibility index (Phi) is 5.76. The molecule has 132 valence electrons. The molecule has 0 bridgehead atoms. The van der Waals surface area contributed by atoms with E-state index < -0.39 is 11.6 Å². The van der Waals surface area contributed by atoms with Crippen LogP contribution in [0.4, 0.5) is 8.78 Å². The van der Waals surface area contributed by atoms with Crippen molar-refractivity contribution in [3.05, 3.63) is 35.4 Å². The summed E-state index contributed by atoms with van der Waals surface area (Å²) in [5, 5.41) is 0. The van der Waals surface area contributed by atoms with E-state index in [1.54, 1.807) is 6.07 Å². The first-order valence-electron chi connectivity index (χ1n) is 8.36. The maximum absolute atomic E-state index is 13.7. The Morgan fingerprint density at radius 3 is 2.38 bits per heavy atom. The van der Waals surface area contributed by atoms with Crippen molar-refractivity contribution in [1.29, 1.82) is 0 Å². The molecule has 2 aliphatic heterocycles. The van der Waals surface area contributed by atoms with Gasteiger partial charge in [-0.2, -0.15) is 0 Å². The topological polar surface area (TPSA) is 36.0 Å². The smallest absolute Gasteiger partial charge is 0.236 e. The van der Waals surface area contributed by atoms with Gasteiger partial charge in [-0.3, -0.25) is 14.6 Å². The van der Waals surface area contributed by atoms with Crippen molar-refractivity contribution in [2.75, 3.05) is 59.0 Å². The number of benzene rings is 1. The van der Waals surface area contributed by atoms with Crippen LogP contribution >= 0.6 is 0 Å². The molecule has 0 N–H and O–H groups in total. The van der Waals surface area contributed by atoms with E-state index in [4.69, 9.17) is 4.74 Å². The lowest BCUT2D eigenvalue weighted by Crippen LogP contribution is -2.51. The van der Waals surface area contributed by atoms with Crippen molar-refractivity contribution in [1.82, 2.24) is 14.7 Å². The number of hydrogen-bond acceptors (Lipinski definition) is 4. The van der Waals surface area contributed by atoms with E-state index >= 15 is 0 Å². The first-order valence-corrected chi connectivity index (χ1v) is 8.36. The van der Waals surface area contributed by atoms with E-state index in [2.05, 4.69) is 9.80 Å². The molecule has 2 fully saturated rings. The van der Waals surface area contributed by atoms with E-state index in [-0.39, 0.29) is 5.91 Å². The number of carbonyl (C=O) groups is 1. The highest BCUT2D eigenvalue weighted by Gasteiger charge is 2.23. The van der Waals surface area contributed by atoms with Gasteiger partial charge in [-0.1, -0.05) is 12.1 Å². The van der Waals surface area contributed by atoms with Crippen LogP contribution in [-0.4, -0.2) is 79.6 Å². The molecule has 0 radical (unpaired) electrons. The Hall–Kier alpha value is -1.57. The molecule has 0 unspecified atom stereocenters. The number of amides is 1. The molecule has 2 saturated heterocycles. The number of halogens is 2. The minimum atomic E-state index is -0.803. The largest absolute Gasteiger partial charge is 0.378 e. The van der Waals surface area contributed by atoms with Gasteiger partial charge in [0.15, 0.2) is 11.6 Å². The minimum Gasteiger partial charge on any atom is -0.378 e. The molecule has 7 heteroatoms. The van der Waals surface area contributed by atoms with Crippen molar-refractivity contribution in [3.8, 4) is 0 Å². The predicted molar refractivity (Wildman–Crippen MR) is 85.5 cm³/mol. The summed E-state index contributed by atoms with van der Waals surface area (Å²) in [6.45, 7) is 6.36. The van der Waals surface area contributed by atoms with Crippen LogP contribution in [0.25, 0.3) is 0 Å². The summed E-state index contributed by atoms with van der Waals surface area (Å²) in [6.07, 6.45) is 0. The fourth-order valence-corrected chi connectivity index (χ4v) is 3.12. The van der Waals surface area contributed by atoms with Crippen LogP contribution in [0.3, 0.4) is 0 Å². The number of hydrogen-bond donors (Lipinski definition) is 0. The van der Waals surface area contributed by atoms with Crippen LogP contribution in [0.1, 0.15) is 5.56 Å². The second-order valence-electron chi connectivity index (χ2n) is 6.26. The highest BCUT2D eigenvalue weighted by molar-refractivity contribution is 5.78. The van der Waals surface area contributed by atoms with Crippen molar-refractivity contribution < 1.29 is 18.3 Å². The third-order valence-electron chi connectivity index (χ3n) is 4.61. The summed E-state index contributed by atoms with van der Waals surface area (Å²) < 4.78 is 32.3. The first-order chi connectivity index (χ1) is 11.6.